The van der Waals surface area contributed by atoms with Crippen LogP contribution in [0.4, 0.5) is 0 Å². The summed E-state index contributed by atoms with van der Waals surface area (Å²) in [5.74, 6) is 1.65. The van der Waals surface area contributed by atoms with Crippen LogP contribution in [0, 0.1) is 11.8 Å². The lowest BCUT2D eigenvalue weighted by Gasteiger charge is -2.51. The van der Waals surface area contributed by atoms with Gasteiger partial charge in [-0.3, -0.25) is 14.6 Å². The molecule has 25 heavy (non-hydrogen) atoms. The van der Waals surface area contributed by atoms with Crippen LogP contribution in [0.1, 0.15) is 23.2 Å². The Labute approximate surface area is 150 Å². The Morgan fingerprint density at radius 3 is 2.68 bits per heavy atom. The molecule has 1 N–H and O–H groups in total. The molecule has 4 heterocycles. The molecule has 4 saturated heterocycles. The van der Waals surface area contributed by atoms with E-state index in [-0.39, 0.29) is 5.91 Å². The second-order valence-electron chi connectivity index (χ2n) is 7.68. The SMILES string of the molecule is O=C(NC[C@@H]1C[C@H]2CCN1C[C@@H]2CN1CCOCC1)c1ccccc1. The van der Waals surface area contributed by atoms with Gasteiger partial charge in [0.2, 0.25) is 0 Å². The van der Waals surface area contributed by atoms with Gasteiger partial charge in [-0.05, 0) is 43.4 Å². The minimum Gasteiger partial charge on any atom is -0.379 e. The highest BCUT2D eigenvalue weighted by molar-refractivity contribution is 5.94. The van der Waals surface area contributed by atoms with Crippen LogP contribution in [-0.2, 0) is 4.74 Å². The van der Waals surface area contributed by atoms with Gasteiger partial charge in [-0.25, -0.2) is 0 Å². The molecule has 4 aliphatic rings. The average Bonchev–Trinajstić information content (AvgIpc) is 2.68. The predicted molar refractivity (Wildman–Crippen MR) is 97.6 cm³/mol. The Morgan fingerprint density at radius 2 is 1.96 bits per heavy atom. The number of nitrogens with zero attached hydrogens (tertiary/aromatic N) is 2. The van der Waals surface area contributed by atoms with Crippen molar-refractivity contribution in [3.63, 3.8) is 0 Å². The molecule has 0 spiro atoms. The average molecular weight is 343 g/mol. The summed E-state index contributed by atoms with van der Waals surface area (Å²) in [5.41, 5.74) is 0.753. The standard InChI is InChI=1S/C20H29N3O2/c24-20(16-4-2-1-3-5-16)21-13-19-12-17-6-7-23(19)15-18(17)14-22-8-10-25-11-9-22/h1-5,17-19H,6-15H2,(H,21,24)/t17-,18+,19+/m1/s1. The minimum absolute atomic E-state index is 0.0492. The highest BCUT2D eigenvalue weighted by atomic mass is 16.5. The Bertz CT molecular complexity index is 574. The van der Waals surface area contributed by atoms with Crippen LogP contribution in [0.3, 0.4) is 0 Å². The number of ether oxygens (including phenoxy) is 1. The van der Waals surface area contributed by atoms with Gasteiger partial charge >= 0.3 is 0 Å². The number of hydrogen-bond acceptors (Lipinski definition) is 4. The highest BCUT2D eigenvalue weighted by Gasteiger charge is 2.40. The molecule has 0 aromatic heterocycles. The second-order valence-corrected chi connectivity index (χ2v) is 7.68. The van der Waals surface area contributed by atoms with Crippen molar-refractivity contribution >= 4 is 5.91 Å². The number of amides is 1. The summed E-state index contributed by atoms with van der Waals surface area (Å²) in [6.07, 6.45) is 2.54. The molecule has 5 nitrogen and oxygen atoms in total. The van der Waals surface area contributed by atoms with Gasteiger partial charge in [0.05, 0.1) is 13.2 Å². The first-order valence-electron chi connectivity index (χ1n) is 9.67. The van der Waals surface area contributed by atoms with E-state index in [1.807, 2.05) is 30.3 Å². The van der Waals surface area contributed by atoms with Gasteiger partial charge in [0, 0.05) is 44.3 Å². The van der Waals surface area contributed by atoms with Gasteiger partial charge in [-0.2, -0.15) is 0 Å². The zero-order chi connectivity index (χ0) is 17.1. The maximum absolute atomic E-state index is 12.3. The third-order valence-electron chi connectivity index (χ3n) is 6.14. The van der Waals surface area contributed by atoms with Crippen molar-refractivity contribution in [1.29, 1.82) is 0 Å². The van der Waals surface area contributed by atoms with E-state index in [4.69, 9.17) is 4.74 Å². The van der Waals surface area contributed by atoms with E-state index in [0.29, 0.717) is 6.04 Å². The van der Waals surface area contributed by atoms with Crippen molar-refractivity contribution in [2.24, 2.45) is 11.8 Å². The molecule has 4 aliphatic heterocycles. The summed E-state index contributed by atoms with van der Waals surface area (Å²) < 4.78 is 5.47. The maximum atomic E-state index is 12.3. The first-order valence-corrected chi connectivity index (χ1v) is 9.67. The van der Waals surface area contributed by atoms with E-state index >= 15 is 0 Å². The zero-order valence-electron chi connectivity index (χ0n) is 14.9. The van der Waals surface area contributed by atoms with Gasteiger partial charge in [0.1, 0.15) is 0 Å². The third kappa shape index (κ3) is 4.05. The molecule has 0 radical (unpaired) electrons. The summed E-state index contributed by atoms with van der Waals surface area (Å²) in [7, 11) is 0. The van der Waals surface area contributed by atoms with Gasteiger partial charge < -0.3 is 10.1 Å². The summed E-state index contributed by atoms with van der Waals surface area (Å²) in [6, 6.07) is 10.0. The number of benzene rings is 1. The zero-order valence-corrected chi connectivity index (χ0v) is 14.9. The van der Waals surface area contributed by atoms with Gasteiger partial charge in [0.25, 0.3) is 5.91 Å². The van der Waals surface area contributed by atoms with E-state index in [1.54, 1.807) is 0 Å². The first kappa shape index (κ1) is 17.0. The molecule has 4 atom stereocenters. The van der Waals surface area contributed by atoms with Crippen LogP contribution >= 0.6 is 0 Å². The first-order chi connectivity index (χ1) is 12.3. The van der Waals surface area contributed by atoms with Crippen molar-refractivity contribution in [3.05, 3.63) is 35.9 Å². The summed E-state index contributed by atoms with van der Waals surface area (Å²) in [4.78, 5) is 17.5. The third-order valence-corrected chi connectivity index (χ3v) is 6.14. The molecule has 1 aromatic rings. The van der Waals surface area contributed by atoms with Crippen LogP contribution in [0.5, 0.6) is 0 Å². The van der Waals surface area contributed by atoms with E-state index in [9.17, 15) is 4.79 Å². The monoisotopic (exact) mass is 343 g/mol. The van der Waals surface area contributed by atoms with Crippen molar-refractivity contribution in [2.75, 3.05) is 52.5 Å². The van der Waals surface area contributed by atoms with Crippen molar-refractivity contribution in [1.82, 2.24) is 15.1 Å². The number of nitrogens with one attached hydrogen (secondary N) is 1. The summed E-state index contributed by atoms with van der Waals surface area (Å²) in [6.45, 7) is 8.30. The number of rotatable bonds is 5. The molecule has 136 valence electrons. The summed E-state index contributed by atoms with van der Waals surface area (Å²) in [5, 5.41) is 3.14. The highest BCUT2D eigenvalue weighted by Crippen LogP contribution is 2.36. The van der Waals surface area contributed by atoms with Gasteiger partial charge in [-0.1, -0.05) is 18.2 Å². The van der Waals surface area contributed by atoms with Crippen LogP contribution in [0.25, 0.3) is 0 Å². The predicted octanol–water partition coefficient (Wildman–Crippen LogP) is 1.46. The number of morpholine rings is 1. The van der Waals surface area contributed by atoms with E-state index in [1.165, 1.54) is 32.5 Å². The number of piperidine rings is 3. The molecule has 1 aromatic carbocycles. The molecule has 0 aliphatic carbocycles. The lowest BCUT2D eigenvalue weighted by atomic mass is 9.75. The minimum atomic E-state index is 0.0492. The Hall–Kier alpha value is -1.43. The van der Waals surface area contributed by atoms with Crippen LogP contribution in [0.2, 0.25) is 0 Å². The molecule has 1 amide bonds. The molecule has 2 bridgehead atoms. The number of carbonyl (C=O) groups excluding carboxylic acids is 1. The quantitative estimate of drug-likeness (QED) is 0.879. The lowest BCUT2D eigenvalue weighted by molar-refractivity contribution is -0.0292. The van der Waals surface area contributed by atoms with E-state index in [0.717, 1.165) is 50.2 Å². The van der Waals surface area contributed by atoms with Crippen molar-refractivity contribution in [2.45, 2.75) is 18.9 Å². The summed E-state index contributed by atoms with van der Waals surface area (Å²) >= 11 is 0. The van der Waals surface area contributed by atoms with Gasteiger partial charge in [0.15, 0.2) is 0 Å². The Kier molecular flexibility index (Phi) is 5.34. The maximum Gasteiger partial charge on any atom is 0.251 e. The second kappa shape index (κ2) is 7.85. The van der Waals surface area contributed by atoms with Crippen LogP contribution in [-0.4, -0.2) is 74.2 Å². The molecular formula is C20H29N3O2. The van der Waals surface area contributed by atoms with E-state index in [2.05, 4.69) is 15.1 Å². The molecular weight excluding hydrogens is 314 g/mol. The fraction of sp³-hybridized carbons (Fsp3) is 0.650. The number of fused-ring (bicyclic) bond motifs is 3. The van der Waals surface area contributed by atoms with Crippen LogP contribution in [0.15, 0.2) is 30.3 Å². The van der Waals surface area contributed by atoms with Crippen LogP contribution < -0.4 is 5.32 Å². The van der Waals surface area contributed by atoms with Gasteiger partial charge in [-0.15, -0.1) is 0 Å². The largest absolute Gasteiger partial charge is 0.379 e. The molecule has 1 unspecified atom stereocenters. The number of hydrogen-bond donors (Lipinski definition) is 1. The molecule has 5 rings (SSSR count). The topological polar surface area (TPSA) is 44.8 Å². The molecule has 4 fully saturated rings. The lowest BCUT2D eigenvalue weighted by Crippen LogP contribution is -2.58. The fourth-order valence-electron chi connectivity index (χ4n) is 4.69. The van der Waals surface area contributed by atoms with E-state index < -0.39 is 0 Å². The number of carbonyl (C=O) groups is 1. The molecule has 0 saturated carbocycles. The Balaban J connectivity index is 1.27. The Morgan fingerprint density at radius 1 is 1.16 bits per heavy atom. The van der Waals surface area contributed by atoms with Crippen molar-refractivity contribution < 1.29 is 9.53 Å². The normalized spacial score (nSPS) is 32.5. The fourth-order valence-corrected chi connectivity index (χ4v) is 4.69. The smallest absolute Gasteiger partial charge is 0.251 e. The van der Waals surface area contributed by atoms with Crippen molar-refractivity contribution in [3.8, 4) is 0 Å². The molecule has 5 heteroatoms.